The van der Waals surface area contributed by atoms with Crippen LogP contribution in [0.1, 0.15) is 32.3 Å². The van der Waals surface area contributed by atoms with Crippen LogP contribution in [0.3, 0.4) is 0 Å². The van der Waals surface area contributed by atoms with Crippen LogP contribution in [0.5, 0.6) is 17.2 Å². The molecule has 5 aromatic rings. The Balaban J connectivity index is 1.43. The first-order valence-corrected chi connectivity index (χ1v) is 17.0. The number of hydrogen-bond donors (Lipinski definition) is 3. The van der Waals surface area contributed by atoms with Gasteiger partial charge in [0.05, 0.1) is 21.3 Å². The van der Waals surface area contributed by atoms with Crippen LogP contribution < -0.4 is 30.2 Å². The van der Waals surface area contributed by atoms with Crippen molar-refractivity contribution in [1.82, 2.24) is 5.32 Å². The topological polar surface area (TPSA) is 115 Å². The van der Waals surface area contributed by atoms with E-state index in [2.05, 4.69) is 16.0 Å². The molecule has 0 radical (unpaired) electrons. The van der Waals surface area contributed by atoms with Crippen LogP contribution >= 0.6 is 23.4 Å². The average Bonchev–Trinajstić information content (AvgIpc) is 3.15. The molecular formula is C40H36ClN3O6S. The molecule has 5 rings (SSSR count). The summed E-state index contributed by atoms with van der Waals surface area (Å²) < 4.78 is 16.4. The second-order valence-electron chi connectivity index (χ2n) is 11.2. The summed E-state index contributed by atoms with van der Waals surface area (Å²) >= 11 is 7.64. The summed E-state index contributed by atoms with van der Waals surface area (Å²) in [6, 6.07) is 33.8. The Bertz CT molecular complexity index is 2030. The Hall–Kier alpha value is -5.71. The van der Waals surface area contributed by atoms with Gasteiger partial charge in [0.15, 0.2) is 11.5 Å². The first-order chi connectivity index (χ1) is 24.7. The SMILES string of the molecule is COc1cc(/C=C(/NC(=O)c2ccccc2)C(=O)Nc2cccc(SC(C(=O)Nc3ccc(C)c(Cl)c3)c3ccccc3)c2)cc(OC)c1OC. The zero-order chi connectivity index (χ0) is 36.3. The minimum atomic E-state index is -0.627. The fraction of sp³-hybridized carbons (Fsp3) is 0.125. The second-order valence-corrected chi connectivity index (χ2v) is 12.8. The third kappa shape index (κ3) is 9.50. The zero-order valence-electron chi connectivity index (χ0n) is 28.4. The van der Waals surface area contributed by atoms with Crippen molar-refractivity contribution in [2.75, 3.05) is 32.0 Å². The molecule has 0 aliphatic rings. The number of carbonyl (C=O) groups excluding carboxylic acids is 3. The Morgan fingerprint density at radius 1 is 0.725 bits per heavy atom. The van der Waals surface area contributed by atoms with Crippen LogP contribution in [-0.4, -0.2) is 39.1 Å². The van der Waals surface area contributed by atoms with E-state index >= 15 is 0 Å². The van der Waals surface area contributed by atoms with E-state index in [1.54, 1.807) is 66.7 Å². The van der Waals surface area contributed by atoms with Gasteiger partial charge in [0, 0.05) is 26.9 Å². The molecule has 1 atom stereocenters. The van der Waals surface area contributed by atoms with Gasteiger partial charge in [-0.05, 0) is 84.3 Å². The average molecular weight is 722 g/mol. The van der Waals surface area contributed by atoms with Crippen LogP contribution in [0.2, 0.25) is 5.02 Å². The van der Waals surface area contributed by atoms with E-state index in [-0.39, 0.29) is 11.6 Å². The van der Waals surface area contributed by atoms with Crippen molar-refractivity contribution in [1.29, 1.82) is 0 Å². The van der Waals surface area contributed by atoms with Gasteiger partial charge in [-0.25, -0.2) is 0 Å². The first kappa shape index (κ1) is 36.6. The third-order valence-corrected chi connectivity index (χ3v) is 9.31. The lowest BCUT2D eigenvalue weighted by Crippen LogP contribution is -2.30. The summed E-state index contributed by atoms with van der Waals surface area (Å²) in [7, 11) is 4.48. The number of rotatable bonds is 13. The quantitative estimate of drug-likeness (QED) is 0.0825. The number of aryl methyl sites for hydroxylation is 1. The van der Waals surface area contributed by atoms with Crippen molar-refractivity contribution in [3.05, 3.63) is 148 Å². The third-order valence-electron chi connectivity index (χ3n) is 7.65. The molecule has 0 bridgehead atoms. The molecule has 0 aliphatic heterocycles. The Morgan fingerprint density at radius 3 is 2.00 bits per heavy atom. The summed E-state index contributed by atoms with van der Waals surface area (Å²) in [5.74, 6) is -0.145. The molecule has 51 heavy (non-hydrogen) atoms. The van der Waals surface area contributed by atoms with Gasteiger partial charge in [0.1, 0.15) is 10.9 Å². The summed E-state index contributed by atoms with van der Waals surface area (Å²) in [5, 5.41) is 8.55. The number of anilines is 2. The predicted molar refractivity (Wildman–Crippen MR) is 203 cm³/mol. The van der Waals surface area contributed by atoms with E-state index in [1.165, 1.54) is 39.2 Å². The normalized spacial score (nSPS) is 11.6. The van der Waals surface area contributed by atoms with Gasteiger partial charge in [-0.15, -0.1) is 11.8 Å². The van der Waals surface area contributed by atoms with Gasteiger partial charge in [-0.1, -0.05) is 72.3 Å². The highest BCUT2D eigenvalue weighted by Gasteiger charge is 2.23. The molecule has 11 heteroatoms. The maximum Gasteiger partial charge on any atom is 0.272 e. The van der Waals surface area contributed by atoms with E-state index in [4.69, 9.17) is 25.8 Å². The van der Waals surface area contributed by atoms with E-state index < -0.39 is 17.1 Å². The standard InChI is InChI=1S/C40H36ClN3O6S/c1-25-18-19-30(24-32(25)41)43-40(47)37(27-12-7-5-8-13-27)51-31-17-11-16-29(23-31)42-39(46)33(44-38(45)28-14-9-6-10-15-28)20-26-21-34(48-2)36(50-4)35(22-26)49-3/h5-24,37H,1-4H3,(H,42,46)(H,43,47)(H,44,45)/b33-20+. The number of nitrogens with one attached hydrogen (secondary N) is 3. The number of hydrogen-bond acceptors (Lipinski definition) is 7. The molecule has 0 saturated heterocycles. The zero-order valence-corrected chi connectivity index (χ0v) is 29.9. The molecule has 260 valence electrons. The molecular weight excluding hydrogens is 686 g/mol. The van der Waals surface area contributed by atoms with Gasteiger partial charge in [-0.2, -0.15) is 0 Å². The van der Waals surface area contributed by atoms with Crippen molar-refractivity contribution >= 4 is 58.5 Å². The molecule has 3 amide bonds. The Morgan fingerprint density at radius 2 is 1.37 bits per heavy atom. The van der Waals surface area contributed by atoms with E-state index in [1.807, 2.05) is 55.5 Å². The van der Waals surface area contributed by atoms with Crippen molar-refractivity contribution in [2.45, 2.75) is 17.1 Å². The minimum absolute atomic E-state index is 0.0329. The minimum Gasteiger partial charge on any atom is -0.493 e. The maximum absolute atomic E-state index is 13.9. The molecule has 3 N–H and O–H groups in total. The van der Waals surface area contributed by atoms with E-state index in [9.17, 15) is 14.4 Å². The van der Waals surface area contributed by atoms with Crippen LogP contribution in [0.15, 0.2) is 126 Å². The largest absolute Gasteiger partial charge is 0.493 e. The molecule has 1 unspecified atom stereocenters. The number of amides is 3. The lowest BCUT2D eigenvalue weighted by molar-refractivity contribution is -0.116. The lowest BCUT2D eigenvalue weighted by Gasteiger charge is -2.18. The predicted octanol–water partition coefficient (Wildman–Crippen LogP) is 8.56. The van der Waals surface area contributed by atoms with E-state index in [0.29, 0.717) is 44.8 Å². The monoisotopic (exact) mass is 721 g/mol. The highest BCUT2D eigenvalue weighted by Crippen LogP contribution is 2.39. The molecule has 0 saturated carbocycles. The molecule has 0 aromatic heterocycles. The Labute approximate surface area is 306 Å². The molecule has 0 spiro atoms. The van der Waals surface area contributed by atoms with Crippen LogP contribution in [0.4, 0.5) is 11.4 Å². The fourth-order valence-electron chi connectivity index (χ4n) is 5.05. The highest BCUT2D eigenvalue weighted by atomic mass is 35.5. The van der Waals surface area contributed by atoms with Gasteiger partial charge in [0.25, 0.3) is 11.8 Å². The molecule has 5 aromatic carbocycles. The van der Waals surface area contributed by atoms with E-state index in [0.717, 1.165) is 16.0 Å². The summed E-state index contributed by atoms with van der Waals surface area (Å²) in [5.41, 5.74) is 3.59. The van der Waals surface area contributed by atoms with Crippen molar-refractivity contribution in [3.63, 3.8) is 0 Å². The number of methoxy groups -OCH3 is 3. The Kier molecular flexibility index (Phi) is 12.4. The summed E-state index contributed by atoms with van der Waals surface area (Å²) in [6.07, 6.45) is 1.52. The number of carbonyl (C=O) groups is 3. The van der Waals surface area contributed by atoms with Gasteiger partial charge < -0.3 is 30.2 Å². The first-order valence-electron chi connectivity index (χ1n) is 15.8. The van der Waals surface area contributed by atoms with Gasteiger partial charge >= 0.3 is 0 Å². The number of ether oxygens (including phenoxy) is 3. The highest BCUT2D eigenvalue weighted by molar-refractivity contribution is 8.00. The van der Waals surface area contributed by atoms with Gasteiger partial charge in [0.2, 0.25) is 11.7 Å². The van der Waals surface area contributed by atoms with Crippen molar-refractivity contribution in [3.8, 4) is 17.2 Å². The maximum atomic E-state index is 13.9. The number of thioether (sulfide) groups is 1. The van der Waals surface area contributed by atoms with Crippen LogP contribution in [-0.2, 0) is 9.59 Å². The number of halogens is 1. The molecule has 0 fully saturated rings. The second kappa shape index (κ2) is 17.3. The molecule has 9 nitrogen and oxygen atoms in total. The molecule has 0 heterocycles. The smallest absolute Gasteiger partial charge is 0.272 e. The fourth-order valence-corrected chi connectivity index (χ4v) is 6.32. The van der Waals surface area contributed by atoms with Crippen LogP contribution in [0.25, 0.3) is 6.08 Å². The van der Waals surface area contributed by atoms with Crippen LogP contribution in [0, 0.1) is 6.92 Å². The summed E-state index contributed by atoms with van der Waals surface area (Å²) in [4.78, 5) is 41.5. The van der Waals surface area contributed by atoms with Crippen molar-refractivity contribution in [2.24, 2.45) is 0 Å². The van der Waals surface area contributed by atoms with Crippen molar-refractivity contribution < 1.29 is 28.6 Å². The summed E-state index contributed by atoms with van der Waals surface area (Å²) in [6.45, 7) is 1.89. The number of benzene rings is 5. The molecule has 0 aliphatic carbocycles. The van der Waals surface area contributed by atoms with Gasteiger partial charge in [-0.3, -0.25) is 14.4 Å². The lowest BCUT2D eigenvalue weighted by atomic mass is 10.1.